The lowest BCUT2D eigenvalue weighted by atomic mass is 10.1. The monoisotopic (exact) mass is 537 g/mol. The molecule has 0 spiro atoms. The Bertz CT molecular complexity index is 1070. The van der Waals surface area contributed by atoms with Gasteiger partial charge in [-0.1, -0.05) is 52.7 Å². The van der Waals surface area contributed by atoms with E-state index in [-0.39, 0.29) is 29.9 Å². The molecular weight excluding hydrogens is 506 g/mol. The number of aryl methyl sites for hydroxylation is 1. The van der Waals surface area contributed by atoms with Crippen LogP contribution in [0.2, 0.25) is 0 Å². The Morgan fingerprint density at radius 3 is 2.30 bits per heavy atom. The molecule has 9 heteroatoms. The van der Waals surface area contributed by atoms with E-state index in [0.29, 0.717) is 0 Å². The zero-order chi connectivity index (χ0) is 24.8. The number of likely N-dealkylation sites (N-methyl/N-ethyl adjacent to an activating group) is 1. The zero-order valence-electron chi connectivity index (χ0n) is 19.7. The van der Waals surface area contributed by atoms with Gasteiger partial charge < -0.3 is 10.2 Å². The first-order valence-corrected chi connectivity index (χ1v) is 13.1. The van der Waals surface area contributed by atoms with Gasteiger partial charge in [0.05, 0.1) is 11.4 Å². The van der Waals surface area contributed by atoms with Gasteiger partial charge in [-0.2, -0.15) is 4.31 Å². The Kier molecular flexibility index (Phi) is 9.63. The van der Waals surface area contributed by atoms with Crippen LogP contribution >= 0.6 is 15.9 Å². The SMILES string of the molecule is CC[C@@H](C)NC(=O)[C@@H](C)N(Cc1cccc(Br)c1)C(=O)CN(C)S(=O)(=O)c1ccc(C)cc1. The van der Waals surface area contributed by atoms with Crippen LogP contribution in [0.4, 0.5) is 0 Å². The molecule has 33 heavy (non-hydrogen) atoms. The van der Waals surface area contributed by atoms with Gasteiger partial charge in [-0.3, -0.25) is 9.59 Å². The van der Waals surface area contributed by atoms with Crippen molar-refractivity contribution < 1.29 is 18.0 Å². The summed E-state index contributed by atoms with van der Waals surface area (Å²) in [6.07, 6.45) is 0.759. The number of rotatable bonds is 10. The van der Waals surface area contributed by atoms with Gasteiger partial charge >= 0.3 is 0 Å². The lowest BCUT2D eigenvalue weighted by molar-refractivity contribution is -0.140. The van der Waals surface area contributed by atoms with Gasteiger partial charge in [0.1, 0.15) is 6.04 Å². The zero-order valence-corrected chi connectivity index (χ0v) is 22.1. The molecule has 0 radical (unpaired) electrons. The van der Waals surface area contributed by atoms with Gasteiger partial charge in [0.2, 0.25) is 21.8 Å². The molecule has 0 saturated carbocycles. The normalized spacial score (nSPS) is 13.4. The lowest BCUT2D eigenvalue weighted by Gasteiger charge is -2.31. The summed E-state index contributed by atoms with van der Waals surface area (Å²) >= 11 is 3.42. The van der Waals surface area contributed by atoms with Crippen LogP contribution in [0.1, 0.15) is 38.3 Å². The molecule has 0 aliphatic carbocycles. The van der Waals surface area contributed by atoms with Crippen LogP contribution in [-0.4, -0.2) is 55.1 Å². The topological polar surface area (TPSA) is 86.8 Å². The standard InChI is InChI=1S/C24H32BrN3O4S/c1-6-18(3)26-24(30)19(4)28(15-20-8-7-9-21(25)14-20)23(29)16-27(5)33(31,32)22-12-10-17(2)11-13-22/h7-14,18-19H,6,15-16H2,1-5H3,(H,26,30)/t18-,19-/m1/s1. The van der Waals surface area contributed by atoms with Gasteiger partial charge in [-0.05, 0) is 57.0 Å². The average molecular weight is 539 g/mol. The molecule has 7 nitrogen and oxygen atoms in total. The minimum atomic E-state index is -3.86. The van der Waals surface area contributed by atoms with Crippen LogP contribution < -0.4 is 5.32 Å². The highest BCUT2D eigenvalue weighted by molar-refractivity contribution is 9.10. The number of benzene rings is 2. The summed E-state index contributed by atoms with van der Waals surface area (Å²) in [4.78, 5) is 27.6. The van der Waals surface area contributed by atoms with Gasteiger partial charge in [0.25, 0.3) is 0 Å². The van der Waals surface area contributed by atoms with Crippen molar-refractivity contribution in [3.63, 3.8) is 0 Å². The van der Waals surface area contributed by atoms with Gasteiger partial charge in [-0.15, -0.1) is 0 Å². The maximum Gasteiger partial charge on any atom is 0.243 e. The van der Waals surface area contributed by atoms with Crippen molar-refractivity contribution in [3.8, 4) is 0 Å². The van der Waals surface area contributed by atoms with E-state index in [9.17, 15) is 18.0 Å². The molecule has 0 unspecified atom stereocenters. The molecule has 0 heterocycles. The molecular formula is C24H32BrN3O4S. The number of hydrogen-bond donors (Lipinski definition) is 1. The Hall–Kier alpha value is -2.23. The van der Waals surface area contributed by atoms with Crippen LogP contribution in [0.3, 0.4) is 0 Å². The van der Waals surface area contributed by atoms with E-state index >= 15 is 0 Å². The van der Waals surface area contributed by atoms with Crippen molar-refractivity contribution in [1.29, 1.82) is 0 Å². The molecule has 2 aromatic carbocycles. The summed E-state index contributed by atoms with van der Waals surface area (Å²) in [6.45, 7) is 7.17. The molecule has 1 N–H and O–H groups in total. The number of carbonyl (C=O) groups is 2. The smallest absolute Gasteiger partial charge is 0.243 e. The summed E-state index contributed by atoms with van der Waals surface area (Å²) in [7, 11) is -2.49. The highest BCUT2D eigenvalue weighted by atomic mass is 79.9. The quantitative estimate of drug-likeness (QED) is 0.500. The molecule has 0 saturated heterocycles. The third-order valence-corrected chi connectivity index (χ3v) is 7.81. The Morgan fingerprint density at radius 1 is 1.09 bits per heavy atom. The Labute approximate surface area is 205 Å². The Balaban J connectivity index is 2.27. The maximum absolute atomic E-state index is 13.3. The highest BCUT2D eigenvalue weighted by Crippen LogP contribution is 2.18. The number of nitrogens with zero attached hydrogens (tertiary/aromatic N) is 2. The minimum Gasteiger partial charge on any atom is -0.352 e. The van der Waals surface area contributed by atoms with E-state index in [1.54, 1.807) is 19.1 Å². The number of amides is 2. The van der Waals surface area contributed by atoms with Crippen molar-refractivity contribution in [2.75, 3.05) is 13.6 Å². The molecule has 0 bridgehead atoms. The first-order valence-electron chi connectivity index (χ1n) is 10.8. The van der Waals surface area contributed by atoms with Crippen LogP contribution in [0.25, 0.3) is 0 Å². The second kappa shape index (κ2) is 11.8. The van der Waals surface area contributed by atoms with E-state index in [2.05, 4.69) is 21.2 Å². The van der Waals surface area contributed by atoms with Gasteiger partial charge in [0, 0.05) is 24.1 Å². The first-order chi connectivity index (χ1) is 15.4. The van der Waals surface area contributed by atoms with E-state index in [0.717, 1.165) is 26.3 Å². The fourth-order valence-electron chi connectivity index (χ4n) is 3.14. The fourth-order valence-corrected chi connectivity index (χ4v) is 4.70. The van der Waals surface area contributed by atoms with Crippen molar-refractivity contribution >= 4 is 37.8 Å². The molecule has 180 valence electrons. The van der Waals surface area contributed by atoms with Crippen molar-refractivity contribution in [1.82, 2.24) is 14.5 Å². The van der Waals surface area contributed by atoms with Gasteiger partial charge in [0.15, 0.2) is 0 Å². The average Bonchev–Trinajstić information content (AvgIpc) is 2.77. The number of sulfonamides is 1. The van der Waals surface area contributed by atoms with Crippen LogP contribution in [0.5, 0.6) is 0 Å². The second-order valence-corrected chi connectivity index (χ2v) is 11.2. The van der Waals surface area contributed by atoms with Crippen molar-refractivity contribution in [3.05, 3.63) is 64.1 Å². The molecule has 0 fully saturated rings. The predicted octanol–water partition coefficient (Wildman–Crippen LogP) is 3.71. The first kappa shape index (κ1) is 27.0. The van der Waals surface area contributed by atoms with Crippen molar-refractivity contribution in [2.45, 2.75) is 57.6 Å². The van der Waals surface area contributed by atoms with Crippen LogP contribution in [0.15, 0.2) is 57.9 Å². The number of halogens is 1. The summed E-state index contributed by atoms with van der Waals surface area (Å²) < 4.78 is 27.8. The number of carbonyl (C=O) groups excluding carboxylic acids is 2. The highest BCUT2D eigenvalue weighted by Gasteiger charge is 2.30. The van der Waals surface area contributed by atoms with E-state index in [1.165, 1.54) is 24.1 Å². The molecule has 0 aliphatic heterocycles. The fraction of sp³-hybridized carbons (Fsp3) is 0.417. The molecule has 2 atom stereocenters. The summed E-state index contributed by atoms with van der Waals surface area (Å²) in [5, 5.41) is 2.90. The van der Waals surface area contributed by atoms with E-state index in [1.807, 2.05) is 45.0 Å². The predicted molar refractivity (Wildman–Crippen MR) is 133 cm³/mol. The third-order valence-electron chi connectivity index (χ3n) is 5.50. The van der Waals surface area contributed by atoms with E-state index in [4.69, 9.17) is 0 Å². The Morgan fingerprint density at radius 2 is 1.73 bits per heavy atom. The van der Waals surface area contributed by atoms with Crippen molar-refractivity contribution in [2.24, 2.45) is 0 Å². The molecule has 2 amide bonds. The number of hydrogen-bond acceptors (Lipinski definition) is 4. The largest absolute Gasteiger partial charge is 0.352 e. The summed E-state index contributed by atoms with van der Waals surface area (Å²) in [6, 6.07) is 13.1. The minimum absolute atomic E-state index is 0.0349. The third kappa shape index (κ3) is 7.38. The van der Waals surface area contributed by atoms with E-state index < -0.39 is 22.0 Å². The molecule has 2 aromatic rings. The van der Waals surface area contributed by atoms with Crippen LogP contribution in [0, 0.1) is 6.92 Å². The molecule has 2 rings (SSSR count). The molecule has 0 aromatic heterocycles. The second-order valence-electron chi connectivity index (χ2n) is 8.22. The summed E-state index contributed by atoms with van der Waals surface area (Å²) in [5.74, 6) is -0.739. The maximum atomic E-state index is 13.3. The van der Waals surface area contributed by atoms with Gasteiger partial charge in [-0.25, -0.2) is 8.42 Å². The van der Waals surface area contributed by atoms with Crippen LogP contribution in [-0.2, 0) is 26.2 Å². The summed E-state index contributed by atoms with van der Waals surface area (Å²) in [5.41, 5.74) is 1.76. The molecule has 0 aliphatic rings. The number of nitrogens with one attached hydrogen (secondary N) is 1. The lowest BCUT2D eigenvalue weighted by Crippen LogP contribution is -2.51.